The lowest BCUT2D eigenvalue weighted by molar-refractivity contribution is -0.527. The molecule has 0 spiro atoms. The van der Waals surface area contributed by atoms with Gasteiger partial charge in [0.2, 0.25) is 0 Å². The maximum Gasteiger partial charge on any atom is 0.177 e. The summed E-state index contributed by atoms with van der Waals surface area (Å²) in [4.78, 5) is 0. The van der Waals surface area contributed by atoms with Crippen molar-refractivity contribution in [3.63, 3.8) is 0 Å². The smallest absolute Gasteiger partial charge is 0.177 e. The first-order chi connectivity index (χ1) is 10.3. The van der Waals surface area contributed by atoms with Crippen molar-refractivity contribution in [3.8, 4) is 0 Å². The standard InChI is InChI=1S/C21H32NO/c1-19(2,3)17-12-16(13-18(23-17)20(4,5)6)15-10-11-22(14-15)21(7,8)9/h10-14H,1-9H3/q+1. The fraction of sp³-hybridized carbons (Fsp3) is 0.571. The van der Waals surface area contributed by atoms with Crippen molar-refractivity contribution in [1.82, 2.24) is 0 Å². The monoisotopic (exact) mass is 314 g/mol. The molecule has 2 aliphatic rings. The van der Waals surface area contributed by atoms with Gasteiger partial charge in [-0.25, -0.2) is 4.58 Å². The molecule has 0 aromatic heterocycles. The van der Waals surface area contributed by atoms with E-state index in [1.54, 1.807) is 0 Å². The number of ether oxygens (including phenoxy) is 1. The van der Waals surface area contributed by atoms with Gasteiger partial charge in [-0.15, -0.1) is 0 Å². The van der Waals surface area contributed by atoms with Crippen molar-refractivity contribution in [2.45, 2.75) is 67.9 Å². The molecule has 0 N–H and O–H groups in total. The minimum absolute atomic E-state index is 0.0113. The van der Waals surface area contributed by atoms with Gasteiger partial charge in [0.05, 0.1) is 5.57 Å². The molecule has 2 rings (SSSR count). The number of allylic oxidation sites excluding steroid dienone is 7. The van der Waals surface area contributed by atoms with Gasteiger partial charge in [-0.3, -0.25) is 0 Å². The van der Waals surface area contributed by atoms with Crippen LogP contribution in [0.3, 0.4) is 0 Å². The van der Waals surface area contributed by atoms with E-state index in [1.807, 2.05) is 0 Å². The van der Waals surface area contributed by atoms with Crippen LogP contribution in [0.15, 0.2) is 47.1 Å². The first-order valence-corrected chi connectivity index (χ1v) is 8.46. The summed E-state index contributed by atoms with van der Waals surface area (Å²) >= 11 is 0. The third-order valence-electron chi connectivity index (χ3n) is 4.07. The van der Waals surface area contributed by atoms with E-state index in [-0.39, 0.29) is 16.4 Å². The maximum absolute atomic E-state index is 6.24. The fourth-order valence-electron chi connectivity index (χ4n) is 2.39. The number of hydrogen-bond donors (Lipinski definition) is 0. The maximum atomic E-state index is 6.24. The molecule has 0 amide bonds. The van der Waals surface area contributed by atoms with Crippen LogP contribution in [0.2, 0.25) is 0 Å². The molecule has 0 radical (unpaired) electrons. The SMILES string of the molecule is CC(C)(C)C1=CC(=C2C=C[N+](C(C)(C)C)=C2)C=C(C(C)(C)C)O1. The Bertz CT molecular complexity index is 615. The molecular weight excluding hydrogens is 282 g/mol. The van der Waals surface area contributed by atoms with Gasteiger partial charge in [0, 0.05) is 37.7 Å². The van der Waals surface area contributed by atoms with Gasteiger partial charge in [0.25, 0.3) is 0 Å². The molecule has 2 aliphatic heterocycles. The van der Waals surface area contributed by atoms with Crippen LogP contribution in [0.25, 0.3) is 0 Å². The van der Waals surface area contributed by atoms with Crippen LogP contribution >= 0.6 is 0 Å². The Hall–Kier alpha value is -1.57. The quantitative estimate of drug-likeness (QED) is 0.531. The van der Waals surface area contributed by atoms with Crippen molar-refractivity contribution in [1.29, 1.82) is 0 Å². The van der Waals surface area contributed by atoms with E-state index in [9.17, 15) is 0 Å². The van der Waals surface area contributed by atoms with Gasteiger partial charge in [-0.2, -0.15) is 0 Å². The third kappa shape index (κ3) is 4.04. The highest BCUT2D eigenvalue weighted by molar-refractivity contribution is 5.84. The van der Waals surface area contributed by atoms with Crippen molar-refractivity contribution in [2.75, 3.05) is 0 Å². The summed E-state index contributed by atoms with van der Waals surface area (Å²) in [5.74, 6) is 2.06. The molecule has 0 fully saturated rings. The summed E-state index contributed by atoms with van der Waals surface area (Å²) in [7, 11) is 0. The van der Waals surface area contributed by atoms with E-state index in [1.165, 1.54) is 11.1 Å². The Labute approximate surface area is 141 Å². The normalized spacial score (nSPS) is 19.4. The third-order valence-corrected chi connectivity index (χ3v) is 4.07. The van der Waals surface area contributed by atoms with Crippen molar-refractivity contribution >= 4 is 6.21 Å². The van der Waals surface area contributed by atoms with E-state index in [0.29, 0.717) is 0 Å². The first-order valence-electron chi connectivity index (χ1n) is 8.46. The summed E-state index contributed by atoms with van der Waals surface area (Å²) in [5, 5.41) is 0. The topological polar surface area (TPSA) is 12.2 Å². The zero-order chi connectivity index (χ0) is 17.6. The molecule has 0 aromatic rings. The van der Waals surface area contributed by atoms with E-state index >= 15 is 0 Å². The second-order valence-electron chi connectivity index (χ2n) is 9.55. The molecule has 2 heterocycles. The fourth-order valence-corrected chi connectivity index (χ4v) is 2.39. The van der Waals surface area contributed by atoms with Gasteiger partial charge in [0.15, 0.2) is 18.0 Å². The highest BCUT2D eigenvalue weighted by Crippen LogP contribution is 2.39. The summed E-state index contributed by atoms with van der Waals surface area (Å²) in [6.45, 7) is 19.8. The Morgan fingerprint density at radius 2 is 1.22 bits per heavy atom. The zero-order valence-corrected chi connectivity index (χ0v) is 16.2. The molecule has 0 unspecified atom stereocenters. The Balaban J connectivity index is 2.55. The largest absolute Gasteiger partial charge is 0.465 e. The molecule has 0 atom stereocenters. The predicted octanol–water partition coefficient (Wildman–Crippen LogP) is 5.58. The van der Waals surface area contributed by atoms with Crippen LogP contribution in [0.1, 0.15) is 62.3 Å². The average molecular weight is 314 g/mol. The van der Waals surface area contributed by atoms with Crippen LogP contribution in [-0.4, -0.2) is 16.3 Å². The second kappa shape index (κ2) is 5.51. The van der Waals surface area contributed by atoms with E-state index in [4.69, 9.17) is 4.74 Å². The minimum atomic E-state index is -0.0113. The minimum Gasteiger partial charge on any atom is -0.465 e. The van der Waals surface area contributed by atoms with Crippen LogP contribution in [-0.2, 0) is 4.74 Å². The van der Waals surface area contributed by atoms with Gasteiger partial charge in [-0.05, 0) is 17.7 Å². The van der Waals surface area contributed by atoms with Gasteiger partial charge < -0.3 is 4.74 Å². The van der Waals surface area contributed by atoms with Crippen LogP contribution in [0, 0.1) is 10.8 Å². The van der Waals surface area contributed by atoms with Crippen molar-refractivity contribution in [2.24, 2.45) is 10.8 Å². The Morgan fingerprint density at radius 3 is 1.57 bits per heavy atom. The predicted molar refractivity (Wildman–Crippen MR) is 98.4 cm³/mol. The summed E-state index contributed by atoms with van der Waals surface area (Å²) in [5.41, 5.74) is 2.54. The number of nitrogens with zero attached hydrogens (tertiary/aromatic N) is 1. The van der Waals surface area contributed by atoms with E-state index in [2.05, 4.69) is 97.5 Å². The number of hydrogen-bond acceptors (Lipinski definition) is 1. The zero-order valence-electron chi connectivity index (χ0n) is 16.2. The molecule has 2 nitrogen and oxygen atoms in total. The number of rotatable bonds is 0. The van der Waals surface area contributed by atoms with E-state index < -0.39 is 0 Å². The molecule has 0 aromatic carbocycles. The molecular formula is C21H32NO+. The van der Waals surface area contributed by atoms with Crippen LogP contribution < -0.4 is 0 Å². The molecule has 126 valence electrons. The van der Waals surface area contributed by atoms with Crippen LogP contribution in [0.5, 0.6) is 0 Å². The Kier molecular flexibility index (Phi) is 4.26. The molecule has 2 heteroatoms. The lowest BCUT2D eigenvalue weighted by Crippen LogP contribution is -2.28. The lowest BCUT2D eigenvalue weighted by Gasteiger charge is -2.32. The Morgan fingerprint density at radius 1 is 0.739 bits per heavy atom. The molecule has 0 saturated carbocycles. The van der Waals surface area contributed by atoms with Gasteiger partial charge in [0.1, 0.15) is 11.5 Å². The first kappa shape index (κ1) is 17.8. The molecule has 23 heavy (non-hydrogen) atoms. The summed E-state index contributed by atoms with van der Waals surface area (Å²) in [6, 6.07) is 0. The lowest BCUT2D eigenvalue weighted by atomic mass is 9.86. The molecule has 0 bridgehead atoms. The average Bonchev–Trinajstić information content (AvgIpc) is 2.85. The van der Waals surface area contributed by atoms with Crippen molar-refractivity contribution < 1.29 is 9.31 Å². The summed E-state index contributed by atoms with van der Waals surface area (Å²) < 4.78 is 8.50. The molecule has 0 saturated heterocycles. The highest BCUT2D eigenvalue weighted by Gasteiger charge is 2.31. The van der Waals surface area contributed by atoms with Crippen molar-refractivity contribution in [3.05, 3.63) is 47.1 Å². The van der Waals surface area contributed by atoms with E-state index in [0.717, 1.165) is 11.5 Å². The second-order valence-corrected chi connectivity index (χ2v) is 9.55. The van der Waals surface area contributed by atoms with Crippen LogP contribution in [0.4, 0.5) is 0 Å². The highest BCUT2D eigenvalue weighted by atomic mass is 16.5. The van der Waals surface area contributed by atoms with Gasteiger partial charge in [-0.1, -0.05) is 41.5 Å². The summed E-state index contributed by atoms with van der Waals surface area (Å²) in [6.07, 6.45) is 11.0. The van der Waals surface area contributed by atoms with Gasteiger partial charge >= 0.3 is 0 Å². The molecule has 0 aliphatic carbocycles.